The highest BCUT2D eigenvalue weighted by atomic mass is 32.2. The number of furan rings is 2. The van der Waals surface area contributed by atoms with Crippen LogP contribution in [0.1, 0.15) is 32.2 Å². The van der Waals surface area contributed by atoms with Gasteiger partial charge in [-0.2, -0.15) is 4.57 Å². The Morgan fingerprint density at radius 2 is 1.59 bits per heavy atom. The van der Waals surface area contributed by atoms with Gasteiger partial charge in [0.15, 0.2) is 24.1 Å². The number of fused-ring (bicyclic) bond motifs is 2. The number of nitrogens with zero attached hydrogens (tertiary/aromatic N) is 2. The maximum atomic E-state index is 10.6. The molecule has 1 unspecified atom stereocenters. The lowest BCUT2D eigenvalue weighted by Gasteiger charge is -2.19. The Morgan fingerprint density at radius 1 is 0.882 bits per heavy atom. The van der Waals surface area contributed by atoms with Gasteiger partial charge in [-0.15, -0.1) is 0 Å². The third-order valence-corrected chi connectivity index (χ3v) is 8.14. The molecule has 0 spiro atoms. The van der Waals surface area contributed by atoms with Crippen LogP contribution in [0.3, 0.4) is 0 Å². The number of rotatable bonds is 4. The van der Waals surface area contributed by atoms with Gasteiger partial charge in [0.25, 0.3) is 0 Å². The summed E-state index contributed by atoms with van der Waals surface area (Å²) in [6, 6.07) is 23.5. The van der Waals surface area contributed by atoms with E-state index < -0.39 is 0 Å². The predicted octanol–water partition coefficient (Wildman–Crippen LogP) is 6.13. The van der Waals surface area contributed by atoms with E-state index in [-0.39, 0.29) is 5.37 Å². The first-order chi connectivity index (χ1) is 16.6. The SMILES string of the molecule is CN1c2ccccc2SC1c1ccc(C=O)o1.C[n+]1c(-c2ccc(C=O)o2)sc2ccccc21. The van der Waals surface area contributed by atoms with Gasteiger partial charge in [-0.1, -0.05) is 47.4 Å². The molecule has 8 heteroatoms. The van der Waals surface area contributed by atoms with E-state index in [1.165, 1.54) is 15.3 Å². The lowest BCUT2D eigenvalue weighted by atomic mass is 10.3. The minimum absolute atomic E-state index is 0.112. The molecule has 1 aliphatic heterocycles. The molecule has 6 nitrogen and oxygen atoms in total. The van der Waals surface area contributed by atoms with Crippen LogP contribution in [0.15, 0.2) is 86.5 Å². The van der Waals surface area contributed by atoms with Crippen LogP contribution in [0.25, 0.3) is 21.0 Å². The molecular formula is C26H21N2O4S2+. The van der Waals surface area contributed by atoms with Crippen LogP contribution in [0.5, 0.6) is 0 Å². The van der Waals surface area contributed by atoms with Crippen LogP contribution in [0.4, 0.5) is 5.69 Å². The largest absolute Gasteiger partial charge is 0.455 e. The Bertz CT molecular complexity index is 1480. The number of thioether (sulfide) groups is 1. The second-order valence-electron chi connectivity index (χ2n) is 7.66. The number of hydrogen-bond acceptors (Lipinski definition) is 7. The Kier molecular flexibility index (Phi) is 6.08. The third-order valence-electron chi connectivity index (χ3n) is 5.53. The van der Waals surface area contributed by atoms with E-state index in [9.17, 15) is 9.59 Å². The van der Waals surface area contributed by atoms with Crippen molar-refractivity contribution in [3.05, 3.63) is 90.1 Å². The van der Waals surface area contributed by atoms with Gasteiger partial charge in [0.1, 0.15) is 22.9 Å². The van der Waals surface area contributed by atoms with Crippen molar-refractivity contribution in [1.29, 1.82) is 0 Å². The number of aldehydes is 2. The van der Waals surface area contributed by atoms with Crippen LogP contribution in [-0.2, 0) is 7.05 Å². The summed E-state index contributed by atoms with van der Waals surface area (Å²) in [4.78, 5) is 24.6. The molecule has 0 fully saturated rings. The molecule has 3 aromatic heterocycles. The summed E-state index contributed by atoms with van der Waals surface area (Å²) in [5, 5.41) is 1.13. The molecule has 0 saturated carbocycles. The van der Waals surface area contributed by atoms with E-state index in [0.29, 0.717) is 11.5 Å². The van der Waals surface area contributed by atoms with E-state index in [1.807, 2.05) is 50.5 Å². The summed E-state index contributed by atoms with van der Waals surface area (Å²) in [6.45, 7) is 0. The number of anilines is 1. The zero-order valence-electron chi connectivity index (χ0n) is 18.5. The smallest absolute Gasteiger partial charge is 0.305 e. The fraction of sp³-hybridized carbons (Fsp3) is 0.115. The van der Waals surface area contributed by atoms with E-state index in [1.54, 1.807) is 35.2 Å². The molecule has 0 bridgehead atoms. The maximum absolute atomic E-state index is 10.6. The first kappa shape index (κ1) is 22.2. The molecule has 2 aromatic carbocycles. The number of aromatic nitrogens is 1. The molecule has 5 aromatic rings. The third kappa shape index (κ3) is 4.06. The van der Waals surface area contributed by atoms with Crippen molar-refractivity contribution in [2.45, 2.75) is 10.3 Å². The maximum Gasteiger partial charge on any atom is 0.305 e. The van der Waals surface area contributed by atoms with Gasteiger partial charge in [0.05, 0.1) is 5.69 Å². The zero-order valence-corrected chi connectivity index (χ0v) is 20.1. The highest BCUT2D eigenvalue weighted by Gasteiger charge is 2.30. The van der Waals surface area contributed by atoms with Crippen LogP contribution < -0.4 is 9.47 Å². The molecule has 6 rings (SSSR count). The Balaban J connectivity index is 0.000000142. The average Bonchev–Trinajstić information content (AvgIpc) is 3.65. The van der Waals surface area contributed by atoms with Gasteiger partial charge in [0.2, 0.25) is 11.3 Å². The molecule has 1 aliphatic rings. The van der Waals surface area contributed by atoms with E-state index in [2.05, 4.69) is 33.7 Å². The van der Waals surface area contributed by atoms with Gasteiger partial charge in [0, 0.05) is 18.0 Å². The van der Waals surface area contributed by atoms with Crippen molar-refractivity contribution < 1.29 is 23.0 Å². The van der Waals surface area contributed by atoms with Gasteiger partial charge in [-0.05, 0) is 42.5 Å². The molecule has 170 valence electrons. The molecule has 1 atom stereocenters. The van der Waals surface area contributed by atoms with E-state index in [4.69, 9.17) is 8.83 Å². The quantitative estimate of drug-likeness (QED) is 0.223. The summed E-state index contributed by atoms with van der Waals surface area (Å²) >= 11 is 3.39. The predicted molar refractivity (Wildman–Crippen MR) is 134 cm³/mol. The average molecular weight is 490 g/mol. The van der Waals surface area contributed by atoms with E-state index in [0.717, 1.165) is 34.6 Å². The summed E-state index contributed by atoms with van der Waals surface area (Å²) < 4.78 is 14.2. The van der Waals surface area contributed by atoms with Crippen molar-refractivity contribution in [2.24, 2.45) is 7.05 Å². The zero-order chi connectivity index (χ0) is 23.7. The Morgan fingerprint density at radius 3 is 2.29 bits per heavy atom. The number of carbonyl (C=O) groups is 2. The van der Waals surface area contributed by atoms with Crippen molar-refractivity contribution in [1.82, 2.24) is 0 Å². The monoisotopic (exact) mass is 489 g/mol. The number of benzene rings is 2. The normalized spacial score (nSPS) is 14.5. The standard InChI is InChI=1S/C13H11NO2S.C13H10NO2S/c2*1-14-10-4-2-3-5-12(10)17-13(14)11-7-6-9(8-15)16-11/h2-8,13H,1H3;2-8H,1H3/q;+1. The molecule has 4 heterocycles. The van der Waals surface area contributed by atoms with Crippen LogP contribution in [0, 0.1) is 0 Å². The fourth-order valence-electron chi connectivity index (χ4n) is 3.84. The number of aryl methyl sites for hydroxylation is 1. The van der Waals surface area contributed by atoms with Gasteiger partial charge in [-0.3, -0.25) is 9.59 Å². The minimum atomic E-state index is 0.112. The Labute approximate surface area is 204 Å². The highest BCUT2D eigenvalue weighted by molar-refractivity contribution is 8.00. The summed E-state index contributed by atoms with van der Waals surface area (Å²) in [5.41, 5.74) is 2.36. The number of thiazole rings is 1. The number of para-hydroxylation sites is 2. The minimum Gasteiger partial charge on any atom is -0.455 e. The molecule has 0 amide bonds. The number of carbonyl (C=O) groups excluding carboxylic acids is 2. The summed E-state index contributed by atoms with van der Waals surface area (Å²) in [7, 11) is 4.03. The number of hydrogen-bond donors (Lipinski definition) is 0. The second-order valence-corrected chi connectivity index (χ2v) is 9.81. The lowest BCUT2D eigenvalue weighted by Crippen LogP contribution is -2.28. The van der Waals surface area contributed by atoms with Crippen molar-refractivity contribution >= 4 is 51.6 Å². The van der Waals surface area contributed by atoms with Gasteiger partial charge < -0.3 is 13.7 Å². The topological polar surface area (TPSA) is 67.5 Å². The Hall–Kier alpha value is -3.62. The van der Waals surface area contributed by atoms with Crippen molar-refractivity contribution in [3.8, 4) is 10.8 Å². The second kappa shape index (κ2) is 9.32. The first-order valence-electron chi connectivity index (χ1n) is 10.6. The van der Waals surface area contributed by atoms with Crippen molar-refractivity contribution in [3.63, 3.8) is 0 Å². The molecular weight excluding hydrogens is 468 g/mol. The first-order valence-corrected chi connectivity index (χ1v) is 12.2. The van der Waals surface area contributed by atoms with Gasteiger partial charge >= 0.3 is 5.01 Å². The van der Waals surface area contributed by atoms with Crippen molar-refractivity contribution in [2.75, 3.05) is 11.9 Å². The molecule has 0 saturated heterocycles. The molecule has 0 radical (unpaired) electrons. The molecule has 0 N–H and O–H groups in total. The lowest BCUT2D eigenvalue weighted by molar-refractivity contribution is -0.630. The van der Waals surface area contributed by atoms with Crippen LogP contribution in [-0.4, -0.2) is 19.6 Å². The molecule has 0 aliphatic carbocycles. The summed E-state index contributed by atoms with van der Waals surface area (Å²) in [5.74, 6) is 2.29. The summed E-state index contributed by atoms with van der Waals surface area (Å²) in [6.07, 6.45) is 1.45. The van der Waals surface area contributed by atoms with Gasteiger partial charge in [-0.25, -0.2) is 0 Å². The highest BCUT2D eigenvalue weighted by Crippen LogP contribution is 2.50. The van der Waals surface area contributed by atoms with E-state index >= 15 is 0 Å². The van der Waals surface area contributed by atoms with Crippen LogP contribution >= 0.6 is 23.1 Å². The fourth-order valence-corrected chi connectivity index (χ4v) is 6.19. The molecule has 34 heavy (non-hydrogen) atoms. The van der Waals surface area contributed by atoms with Crippen LogP contribution in [0.2, 0.25) is 0 Å².